The van der Waals surface area contributed by atoms with Crippen molar-refractivity contribution in [2.75, 3.05) is 6.61 Å². The molecule has 0 radical (unpaired) electrons. The van der Waals surface area contributed by atoms with Crippen LogP contribution in [-0.4, -0.2) is 11.2 Å². The monoisotopic (exact) mass is 339 g/mol. The van der Waals surface area contributed by atoms with Crippen LogP contribution in [0.3, 0.4) is 0 Å². The molecule has 2 heterocycles. The van der Waals surface area contributed by atoms with Crippen molar-refractivity contribution in [1.82, 2.24) is 4.57 Å². The summed E-state index contributed by atoms with van der Waals surface area (Å²) >= 11 is 0. The van der Waals surface area contributed by atoms with E-state index in [-0.39, 0.29) is 12.1 Å². The fourth-order valence-electron chi connectivity index (χ4n) is 3.03. The topological polar surface area (TPSA) is 31.2 Å². The molecule has 0 atom stereocenters. The molecule has 1 aromatic heterocycles. The lowest BCUT2D eigenvalue weighted by Crippen LogP contribution is -2.19. The van der Waals surface area contributed by atoms with Crippen molar-refractivity contribution >= 4 is 0 Å². The first-order valence-corrected chi connectivity index (χ1v) is 8.01. The number of pyridine rings is 1. The molecule has 4 rings (SSSR count). The number of rotatable bonds is 3. The van der Waals surface area contributed by atoms with Gasteiger partial charge in [-0.2, -0.15) is 0 Å². The summed E-state index contributed by atoms with van der Waals surface area (Å²) < 4.78 is 33.4. The molecular weight excluding hydrogens is 324 g/mol. The highest BCUT2D eigenvalue weighted by Crippen LogP contribution is 2.30. The number of fused-ring (bicyclic) bond motifs is 1. The van der Waals surface area contributed by atoms with Crippen LogP contribution < -0.4 is 10.3 Å². The van der Waals surface area contributed by atoms with Crippen molar-refractivity contribution in [3.05, 3.63) is 87.8 Å². The van der Waals surface area contributed by atoms with Crippen molar-refractivity contribution in [2.45, 2.75) is 13.0 Å². The molecule has 1 aliphatic rings. The van der Waals surface area contributed by atoms with Gasteiger partial charge in [0.05, 0.1) is 13.2 Å². The maximum absolute atomic E-state index is 13.4. The highest BCUT2D eigenvalue weighted by atomic mass is 19.2. The highest BCUT2D eigenvalue weighted by Gasteiger charge is 2.13. The van der Waals surface area contributed by atoms with Crippen LogP contribution >= 0.6 is 0 Å². The number of nitrogens with zero attached hydrogens (tertiary/aromatic N) is 1. The van der Waals surface area contributed by atoms with E-state index in [2.05, 4.69) is 6.07 Å². The number of hydrogen-bond donors (Lipinski definition) is 0. The van der Waals surface area contributed by atoms with Gasteiger partial charge < -0.3 is 9.30 Å². The molecule has 0 amide bonds. The summed E-state index contributed by atoms with van der Waals surface area (Å²) in [5.41, 5.74) is 3.36. The summed E-state index contributed by atoms with van der Waals surface area (Å²) in [5.74, 6) is -0.913. The third-order valence-corrected chi connectivity index (χ3v) is 4.34. The second-order valence-electron chi connectivity index (χ2n) is 6.05. The Morgan fingerprint density at radius 3 is 2.64 bits per heavy atom. The van der Waals surface area contributed by atoms with Gasteiger partial charge in [0.25, 0.3) is 5.56 Å². The van der Waals surface area contributed by atoms with Gasteiger partial charge >= 0.3 is 0 Å². The lowest BCUT2D eigenvalue weighted by atomic mass is 10.0. The molecule has 3 nitrogen and oxygen atoms in total. The van der Waals surface area contributed by atoms with Crippen LogP contribution in [-0.2, 0) is 13.0 Å². The average molecular weight is 339 g/mol. The lowest BCUT2D eigenvalue weighted by molar-refractivity contribution is 0.357. The van der Waals surface area contributed by atoms with Crippen molar-refractivity contribution in [3.8, 4) is 16.9 Å². The molecule has 126 valence electrons. The summed E-state index contributed by atoms with van der Waals surface area (Å²) in [4.78, 5) is 12.1. The molecule has 1 aliphatic heterocycles. The largest absolute Gasteiger partial charge is 0.493 e. The number of aromatic nitrogens is 1. The van der Waals surface area contributed by atoms with Crippen molar-refractivity contribution < 1.29 is 13.5 Å². The molecular formula is C20H15F2NO2. The Morgan fingerprint density at radius 1 is 0.960 bits per heavy atom. The van der Waals surface area contributed by atoms with E-state index in [9.17, 15) is 13.6 Å². The van der Waals surface area contributed by atoms with E-state index in [1.807, 2.05) is 12.1 Å². The normalized spacial score (nSPS) is 12.7. The van der Waals surface area contributed by atoms with Gasteiger partial charge in [0.15, 0.2) is 11.6 Å². The van der Waals surface area contributed by atoms with Crippen LogP contribution in [0.15, 0.2) is 59.5 Å². The third kappa shape index (κ3) is 3.05. The summed E-state index contributed by atoms with van der Waals surface area (Å²) in [6.45, 7) is 0.867. The van der Waals surface area contributed by atoms with E-state index < -0.39 is 11.6 Å². The van der Waals surface area contributed by atoms with Crippen molar-refractivity contribution in [1.29, 1.82) is 0 Å². The van der Waals surface area contributed by atoms with Gasteiger partial charge in [0, 0.05) is 18.7 Å². The zero-order valence-electron chi connectivity index (χ0n) is 13.3. The molecule has 0 bridgehead atoms. The maximum Gasteiger partial charge on any atom is 0.250 e. The minimum atomic E-state index is -0.916. The Balaban J connectivity index is 1.69. The summed E-state index contributed by atoms with van der Waals surface area (Å²) in [5, 5.41) is 0. The van der Waals surface area contributed by atoms with Crippen LogP contribution in [0.4, 0.5) is 8.78 Å². The average Bonchev–Trinajstić information content (AvgIpc) is 3.08. The van der Waals surface area contributed by atoms with E-state index in [1.54, 1.807) is 12.3 Å². The van der Waals surface area contributed by atoms with Gasteiger partial charge in [-0.3, -0.25) is 4.79 Å². The van der Waals surface area contributed by atoms with Crippen LogP contribution in [0.25, 0.3) is 11.1 Å². The molecule has 0 N–H and O–H groups in total. The SMILES string of the molecule is O=c1ccc(-c2ccc3c(c2)CCO3)cn1Cc1ccc(F)c(F)c1. The van der Waals surface area contributed by atoms with Crippen molar-refractivity contribution in [2.24, 2.45) is 0 Å². The van der Waals surface area contributed by atoms with E-state index in [4.69, 9.17) is 4.74 Å². The fraction of sp³-hybridized carbons (Fsp3) is 0.150. The number of halogens is 2. The first kappa shape index (κ1) is 15.6. The Hall–Kier alpha value is -2.95. The standard InChI is InChI=1S/C20H15F2NO2/c21-17-4-1-13(9-18(17)22)11-23-12-16(3-6-20(23)24)14-2-5-19-15(10-14)7-8-25-19/h1-6,9-10,12H,7-8,11H2. The van der Waals surface area contributed by atoms with Gasteiger partial charge in [-0.25, -0.2) is 8.78 Å². The van der Waals surface area contributed by atoms with Crippen LogP contribution in [0.5, 0.6) is 5.75 Å². The fourth-order valence-corrected chi connectivity index (χ4v) is 3.03. The van der Waals surface area contributed by atoms with Gasteiger partial charge in [-0.05, 0) is 52.6 Å². The predicted molar refractivity (Wildman–Crippen MR) is 90.8 cm³/mol. The van der Waals surface area contributed by atoms with E-state index in [0.29, 0.717) is 12.2 Å². The first-order chi connectivity index (χ1) is 12.1. The number of hydrogen-bond acceptors (Lipinski definition) is 2. The molecule has 0 spiro atoms. The molecule has 2 aromatic carbocycles. The lowest BCUT2D eigenvalue weighted by Gasteiger charge is -2.10. The Bertz CT molecular complexity index is 1010. The Labute approximate surface area is 143 Å². The number of ether oxygens (including phenoxy) is 1. The number of benzene rings is 2. The highest BCUT2D eigenvalue weighted by molar-refractivity contribution is 5.65. The molecule has 0 unspecified atom stereocenters. The van der Waals surface area contributed by atoms with Crippen molar-refractivity contribution in [3.63, 3.8) is 0 Å². The smallest absolute Gasteiger partial charge is 0.250 e. The Kier molecular flexibility index (Phi) is 3.84. The third-order valence-electron chi connectivity index (χ3n) is 4.34. The molecule has 5 heteroatoms. The minimum Gasteiger partial charge on any atom is -0.493 e. The summed E-state index contributed by atoms with van der Waals surface area (Å²) in [6.07, 6.45) is 2.61. The van der Waals surface area contributed by atoms with Crippen LogP contribution in [0.2, 0.25) is 0 Å². The van der Waals surface area contributed by atoms with Gasteiger partial charge in [-0.15, -0.1) is 0 Å². The second-order valence-corrected chi connectivity index (χ2v) is 6.05. The molecule has 0 fully saturated rings. The van der Waals surface area contributed by atoms with E-state index >= 15 is 0 Å². The molecule has 25 heavy (non-hydrogen) atoms. The van der Waals surface area contributed by atoms with Crippen LogP contribution in [0, 0.1) is 11.6 Å². The summed E-state index contributed by atoms with van der Waals surface area (Å²) in [7, 11) is 0. The Morgan fingerprint density at radius 2 is 1.80 bits per heavy atom. The van der Waals surface area contributed by atoms with E-state index in [1.165, 1.54) is 16.7 Å². The van der Waals surface area contributed by atoms with Gasteiger partial charge in [0.1, 0.15) is 5.75 Å². The molecule has 3 aromatic rings. The van der Waals surface area contributed by atoms with Gasteiger partial charge in [0.2, 0.25) is 0 Å². The summed E-state index contributed by atoms with van der Waals surface area (Å²) in [6, 6.07) is 12.9. The second kappa shape index (κ2) is 6.16. The van der Waals surface area contributed by atoms with Crippen LogP contribution in [0.1, 0.15) is 11.1 Å². The molecule has 0 saturated heterocycles. The predicted octanol–water partition coefficient (Wildman–Crippen LogP) is 3.78. The minimum absolute atomic E-state index is 0.178. The molecule has 0 saturated carbocycles. The zero-order chi connectivity index (χ0) is 17.4. The van der Waals surface area contributed by atoms with Gasteiger partial charge in [-0.1, -0.05) is 12.1 Å². The van der Waals surface area contributed by atoms with E-state index in [0.717, 1.165) is 41.0 Å². The quantitative estimate of drug-likeness (QED) is 0.727. The zero-order valence-corrected chi connectivity index (χ0v) is 13.3. The first-order valence-electron chi connectivity index (χ1n) is 8.01. The molecule has 0 aliphatic carbocycles. The maximum atomic E-state index is 13.4.